The van der Waals surface area contributed by atoms with Crippen molar-refractivity contribution in [3.8, 4) is 28.4 Å². The van der Waals surface area contributed by atoms with E-state index in [9.17, 15) is 0 Å². The lowest BCUT2D eigenvalue weighted by atomic mass is 10.1. The molecule has 0 saturated carbocycles. The molecule has 0 aliphatic carbocycles. The lowest BCUT2D eigenvalue weighted by Crippen LogP contribution is -2.45. The highest BCUT2D eigenvalue weighted by atomic mass is 16.5. The summed E-state index contributed by atoms with van der Waals surface area (Å²) in [5, 5.41) is 0. The summed E-state index contributed by atoms with van der Waals surface area (Å²) in [6.07, 6.45) is 7.10. The number of hydrogen-bond acceptors (Lipinski definition) is 5. The molecule has 1 aromatic carbocycles. The first-order valence-electron chi connectivity index (χ1n) is 10.2. The Morgan fingerprint density at radius 1 is 1.17 bits per heavy atom. The molecule has 0 bridgehead atoms. The van der Waals surface area contributed by atoms with Crippen LogP contribution in [0.15, 0.2) is 43.1 Å². The topological polar surface area (TPSA) is 68.2 Å². The number of nitrogens with one attached hydrogen (secondary N) is 1. The zero-order valence-corrected chi connectivity index (χ0v) is 17.3. The highest BCUT2D eigenvalue weighted by Crippen LogP contribution is 2.35. The minimum atomic E-state index is 0.296. The Labute approximate surface area is 171 Å². The van der Waals surface area contributed by atoms with Crippen LogP contribution >= 0.6 is 0 Å². The summed E-state index contributed by atoms with van der Waals surface area (Å²) in [6, 6.07) is 7.99. The largest absolute Gasteiger partial charge is 0.496 e. The maximum atomic E-state index is 5.84. The van der Waals surface area contributed by atoms with Crippen LogP contribution in [0.4, 0.5) is 0 Å². The molecule has 4 rings (SSSR count). The van der Waals surface area contributed by atoms with Crippen LogP contribution in [0.3, 0.4) is 0 Å². The molecule has 0 radical (unpaired) electrons. The average Bonchev–Trinajstić information content (AvgIpc) is 3.36. The second kappa shape index (κ2) is 8.80. The van der Waals surface area contributed by atoms with E-state index in [1.54, 1.807) is 13.4 Å². The van der Waals surface area contributed by atoms with Crippen LogP contribution in [0.1, 0.15) is 20.3 Å². The molecule has 29 heavy (non-hydrogen) atoms. The molecule has 0 unspecified atom stereocenters. The molecule has 2 atom stereocenters. The van der Waals surface area contributed by atoms with Gasteiger partial charge in [-0.1, -0.05) is 12.1 Å². The molecule has 7 heteroatoms. The van der Waals surface area contributed by atoms with Crippen molar-refractivity contribution in [1.82, 2.24) is 24.4 Å². The summed E-state index contributed by atoms with van der Waals surface area (Å²) in [5.74, 6) is 0.815. The lowest BCUT2D eigenvalue weighted by molar-refractivity contribution is -0.0682. The summed E-state index contributed by atoms with van der Waals surface area (Å²) >= 11 is 0. The Kier molecular flexibility index (Phi) is 5.97. The van der Waals surface area contributed by atoms with Gasteiger partial charge in [0.15, 0.2) is 0 Å². The molecule has 154 valence electrons. The number of H-pyrrole nitrogens is 1. The van der Waals surface area contributed by atoms with Gasteiger partial charge in [-0.05, 0) is 32.4 Å². The Balaban J connectivity index is 1.55. The molecule has 1 fully saturated rings. The van der Waals surface area contributed by atoms with Crippen molar-refractivity contribution in [2.45, 2.75) is 39.0 Å². The quantitative estimate of drug-likeness (QED) is 0.664. The van der Waals surface area contributed by atoms with Crippen molar-refractivity contribution in [2.24, 2.45) is 0 Å². The fourth-order valence-corrected chi connectivity index (χ4v) is 4.19. The third-order valence-electron chi connectivity index (χ3n) is 5.32. The number of aryl methyl sites for hydroxylation is 1. The smallest absolute Gasteiger partial charge is 0.128 e. The van der Waals surface area contributed by atoms with E-state index in [0.29, 0.717) is 12.2 Å². The molecular weight excluding hydrogens is 366 g/mol. The number of morpholine rings is 1. The molecule has 1 saturated heterocycles. The van der Waals surface area contributed by atoms with Crippen molar-refractivity contribution >= 4 is 0 Å². The maximum Gasteiger partial charge on any atom is 0.128 e. The third-order valence-corrected chi connectivity index (χ3v) is 5.32. The zero-order chi connectivity index (χ0) is 20.2. The molecule has 3 heterocycles. The van der Waals surface area contributed by atoms with Gasteiger partial charge in [0.25, 0.3) is 0 Å². The van der Waals surface area contributed by atoms with Crippen LogP contribution in [0.5, 0.6) is 5.75 Å². The SMILES string of the molecule is COc1ccccc1-c1ncn(CCCN2C[C@@H](C)O[C@@H](C)C2)c1-c1cnc[nH]1. The van der Waals surface area contributed by atoms with E-state index < -0.39 is 0 Å². The predicted molar refractivity (Wildman–Crippen MR) is 113 cm³/mol. The molecule has 7 nitrogen and oxygen atoms in total. The van der Waals surface area contributed by atoms with Crippen LogP contribution in [-0.4, -0.2) is 63.4 Å². The first kappa shape index (κ1) is 19.7. The van der Waals surface area contributed by atoms with Crippen LogP contribution in [0.2, 0.25) is 0 Å². The number of nitrogens with zero attached hydrogens (tertiary/aromatic N) is 4. The van der Waals surface area contributed by atoms with Gasteiger partial charge < -0.3 is 19.0 Å². The summed E-state index contributed by atoms with van der Waals surface area (Å²) in [4.78, 5) is 14.7. The van der Waals surface area contributed by atoms with Gasteiger partial charge in [0.05, 0.1) is 49.6 Å². The Hall–Kier alpha value is -2.64. The molecule has 1 aliphatic heterocycles. The lowest BCUT2D eigenvalue weighted by Gasteiger charge is -2.35. The summed E-state index contributed by atoms with van der Waals surface area (Å²) in [7, 11) is 1.69. The number of aromatic nitrogens is 4. The summed E-state index contributed by atoms with van der Waals surface area (Å²) < 4.78 is 13.6. The van der Waals surface area contributed by atoms with Gasteiger partial charge in [-0.15, -0.1) is 0 Å². The number of ether oxygens (including phenoxy) is 2. The van der Waals surface area contributed by atoms with E-state index in [0.717, 1.165) is 61.0 Å². The molecule has 0 amide bonds. The second-order valence-corrected chi connectivity index (χ2v) is 7.67. The van der Waals surface area contributed by atoms with Gasteiger partial charge in [-0.25, -0.2) is 9.97 Å². The molecule has 1 aliphatic rings. The van der Waals surface area contributed by atoms with Crippen LogP contribution in [-0.2, 0) is 11.3 Å². The Morgan fingerprint density at radius 2 is 1.97 bits per heavy atom. The molecule has 3 aromatic rings. The minimum absolute atomic E-state index is 0.296. The highest BCUT2D eigenvalue weighted by molar-refractivity contribution is 5.80. The van der Waals surface area contributed by atoms with Crippen molar-refractivity contribution in [2.75, 3.05) is 26.7 Å². The third kappa shape index (κ3) is 4.36. The van der Waals surface area contributed by atoms with Crippen molar-refractivity contribution in [3.05, 3.63) is 43.1 Å². The van der Waals surface area contributed by atoms with Gasteiger partial charge >= 0.3 is 0 Å². The van der Waals surface area contributed by atoms with Crippen LogP contribution < -0.4 is 4.74 Å². The second-order valence-electron chi connectivity index (χ2n) is 7.67. The predicted octanol–water partition coefficient (Wildman–Crippen LogP) is 3.45. The number of rotatable bonds is 7. The summed E-state index contributed by atoms with van der Waals surface area (Å²) in [6.45, 7) is 8.21. The van der Waals surface area contributed by atoms with Crippen LogP contribution in [0, 0.1) is 0 Å². The first-order chi connectivity index (χ1) is 14.2. The molecule has 2 aromatic heterocycles. The van der Waals surface area contributed by atoms with Crippen molar-refractivity contribution in [3.63, 3.8) is 0 Å². The van der Waals surface area contributed by atoms with Crippen molar-refractivity contribution in [1.29, 1.82) is 0 Å². The fraction of sp³-hybridized carbons (Fsp3) is 0.455. The van der Waals surface area contributed by atoms with E-state index in [1.807, 2.05) is 36.8 Å². The number of imidazole rings is 2. The minimum Gasteiger partial charge on any atom is -0.496 e. The average molecular weight is 396 g/mol. The van der Waals surface area contributed by atoms with Gasteiger partial charge in [0.2, 0.25) is 0 Å². The number of hydrogen-bond donors (Lipinski definition) is 1. The van der Waals surface area contributed by atoms with E-state index in [1.165, 1.54) is 0 Å². The van der Waals surface area contributed by atoms with E-state index >= 15 is 0 Å². The van der Waals surface area contributed by atoms with Gasteiger partial charge in [-0.3, -0.25) is 4.90 Å². The highest BCUT2D eigenvalue weighted by Gasteiger charge is 2.22. The number of aromatic amines is 1. The zero-order valence-electron chi connectivity index (χ0n) is 17.3. The fourth-order valence-electron chi connectivity index (χ4n) is 4.19. The standard InChI is InChI=1S/C22H29N5O2/c1-16-12-26(13-17(2)29-16)9-6-10-27-15-25-21(22(27)19-11-23-14-24-19)18-7-4-5-8-20(18)28-3/h4-5,7-8,11,14-17H,6,9-10,12-13H2,1-3H3,(H,23,24)/t16-,17+. The number of para-hydroxylation sites is 1. The number of methoxy groups -OCH3 is 1. The van der Waals surface area contributed by atoms with E-state index in [4.69, 9.17) is 14.5 Å². The van der Waals surface area contributed by atoms with Gasteiger partial charge in [0.1, 0.15) is 11.4 Å². The Bertz CT molecular complexity index is 911. The summed E-state index contributed by atoms with van der Waals surface area (Å²) in [5.41, 5.74) is 3.88. The number of benzene rings is 1. The normalized spacial score (nSPS) is 20.1. The van der Waals surface area contributed by atoms with Crippen molar-refractivity contribution < 1.29 is 9.47 Å². The van der Waals surface area contributed by atoms with E-state index in [2.05, 4.69) is 33.3 Å². The monoisotopic (exact) mass is 395 g/mol. The van der Waals surface area contributed by atoms with Crippen LogP contribution in [0.25, 0.3) is 22.6 Å². The van der Waals surface area contributed by atoms with Gasteiger partial charge in [-0.2, -0.15) is 0 Å². The first-order valence-corrected chi connectivity index (χ1v) is 10.2. The molecule has 0 spiro atoms. The Morgan fingerprint density at radius 3 is 2.69 bits per heavy atom. The molecule has 1 N–H and O–H groups in total. The maximum absolute atomic E-state index is 5.84. The van der Waals surface area contributed by atoms with E-state index in [-0.39, 0.29) is 0 Å². The van der Waals surface area contributed by atoms with Gasteiger partial charge in [0, 0.05) is 31.7 Å². The molecular formula is C22H29N5O2.